The average Bonchev–Trinajstić information content (AvgIpc) is 1.52. The molecule has 23 rings (SSSR count). The van der Waals surface area contributed by atoms with E-state index >= 15 is 0 Å². The number of nitrogens with zero attached hydrogens (tertiary/aromatic N) is 5. The molecule has 0 N–H and O–H groups in total. The monoisotopic (exact) mass is 1550 g/mol. The Hall–Kier alpha value is -12.4. The number of anilines is 15. The van der Waals surface area contributed by atoms with Crippen molar-refractivity contribution in [2.45, 2.75) is 55.4 Å². The summed E-state index contributed by atoms with van der Waals surface area (Å²) in [5, 5.41) is 11.6. The molecule has 5 aliphatic rings. The van der Waals surface area contributed by atoms with Gasteiger partial charge in [-0.1, -0.05) is 252 Å². The second-order valence-electron chi connectivity index (χ2n) is 32.1. The van der Waals surface area contributed by atoms with Crippen LogP contribution in [-0.2, 0) is 0 Å². The summed E-state index contributed by atoms with van der Waals surface area (Å²) in [5.74, 6) is 0. The molecule has 11 heteroatoms. The molecule has 18 aromatic rings. The molecule has 0 bridgehead atoms. The smallest absolute Gasteiger partial charge is 0.252 e. The number of halogens is 1. The molecule has 0 aliphatic carbocycles. The van der Waals surface area contributed by atoms with Crippen molar-refractivity contribution >= 4 is 235 Å². The molecule has 16 aromatic carbocycles. The standard InChI is InChI=1S/C65H50BN3SSi.C39H28BClN2S/c1-41-28-32-54-62(36-41)71(48-20-11-7-12-21-48,49-22-13-8-14-23-49)63-37-42(2)29-33-55(63)68(54)47-30-31-52-58(38-47)69(65-44(4)34-43(3)35-45(65)5)57-26-17-25-56-64(57)66(52)53-39-51-50-24-15-16-27-60(50)70-61(51)40-59(53)67(56)46-18-9-6-10-19-46;1-23-18-24(2)39(25(3)19-23)43-33-14-9-13-32-38(33)40(30-17-16-26(41)20-34(30)43)31-21-29-28-12-7-8-15-36(28)44-37(29)22-35(31)42(32)27-10-5-4-6-11-27/h6-40H,1-5H3;4-22H,1-3H3. The number of hydrogen-bond acceptors (Lipinski definition) is 7. The predicted molar refractivity (Wildman–Crippen MR) is 501 cm³/mol. The molecule has 2 aromatic heterocycles. The summed E-state index contributed by atoms with van der Waals surface area (Å²) in [4.78, 5) is 12.7. The lowest BCUT2D eigenvalue weighted by molar-refractivity contribution is 1.19. The van der Waals surface area contributed by atoms with Crippen LogP contribution < -0.4 is 78.0 Å². The van der Waals surface area contributed by atoms with Crippen molar-refractivity contribution in [3.05, 3.63) is 377 Å². The van der Waals surface area contributed by atoms with E-state index in [9.17, 15) is 0 Å². The van der Waals surface area contributed by atoms with E-state index in [0.717, 1.165) is 27.8 Å². The summed E-state index contributed by atoms with van der Waals surface area (Å²) in [6.07, 6.45) is 0. The van der Waals surface area contributed by atoms with Gasteiger partial charge in [0.25, 0.3) is 13.4 Å². The molecule has 5 nitrogen and oxygen atoms in total. The van der Waals surface area contributed by atoms with E-state index in [4.69, 9.17) is 11.6 Å². The van der Waals surface area contributed by atoms with Gasteiger partial charge < -0.3 is 24.5 Å². The maximum Gasteiger partial charge on any atom is 0.252 e. The quantitative estimate of drug-likeness (QED) is 0.147. The van der Waals surface area contributed by atoms with Gasteiger partial charge in [-0.05, 0) is 251 Å². The molecule has 0 saturated heterocycles. The Balaban J connectivity index is 0.000000156. The number of hydrogen-bond donors (Lipinski definition) is 0. The zero-order valence-electron chi connectivity index (χ0n) is 65.3. The van der Waals surface area contributed by atoms with Crippen LogP contribution in [0.2, 0.25) is 5.02 Å². The summed E-state index contributed by atoms with van der Waals surface area (Å²) in [7, 11) is -2.86. The number of para-hydroxylation sites is 2. The van der Waals surface area contributed by atoms with Gasteiger partial charge in [0.05, 0.1) is 11.4 Å². The molecule has 0 fully saturated rings. The van der Waals surface area contributed by atoms with Gasteiger partial charge in [0, 0.05) is 109 Å². The van der Waals surface area contributed by atoms with Crippen molar-refractivity contribution in [1.29, 1.82) is 0 Å². The molecule has 7 heterocycles. The summed E-state index contributed by atoms with van der Waals surface area (Å²) in [5.41, 5.74) is 36.2. The van der Waals surface area contributed by atoms with Crippen molar-refractivity contribution in [1.82, 2.24) is 0 Å². The van der Waals surface area contributed by atoms with Gasteiger partial charge in [-0.25, -0.2) is 0 Å². The Morgan fingerprint density at radius 3 is 1.07 bits per heavy atom. The average molecular weight is 1550 g/mol. The zero-order valence-corrected chi connectivity index (χ0v) is 68.7. The number of thiophene rings is 2. The highest BCUT2D eigenvalue weighted by atomic mass is 35.5. The molecular weight excluding hydrogens is 1470 g/mol. The first kappa shape index (κ1) is 69.3. The fraction of sp³-hybridized carbons (Fsp3) is 0.0769. The van der Waals surface area contributed by atoms with Crippen molar-refractivity contribution in [2.24, 2.45) is 0 Å². The summed E-state index contributed by atoms with van der Waals surface area (Å²) >= 11 is 10.6. The minimum atomic E-state index is -2.86. The fourth-order valence-corrected chi connectivity index (χ4v) is 28.4. The minimum absolute atomic E-state index is 0.0203. The van der Waals surface area contributed by atoms with Crippen molar-refractivity contribution in [3.8, 4) is 0 Å². The Morgan fingerprint density at radius 2 is 0.626 bits per heavy atom. The molecule has 0 atom stereocenters. The topological polar surface area (TPSA) is 16.2 Å². The van der Waals surface area contributed by atoms with Crippen LogP contribution in [0.25, 0.3) is 40.3 Å². The van der Waals surface area contributed by atoms with Crippen LogP contribution in [0.3, 0.4) is 0 Å². The maximum absolute atomic E-state index is 6.80. The Labute approximate surface area is 686 Å². The normalized spacial score (nSPS) is 13.7. The van der Waals surface area contributed by atoms with Crippen LogP contribution in [0, 0.1) is 55.4 Å². The van der Waals surface area contributed by atoms with Crippen LogP contribution >= 0.6 is 34.3 Å². The maximum atomic E-state index is 6.80. The van der Waals surface area contributed by atoms with Crippen molar-refractivity contribution in [2.75, 3.05) is 24.5 Å². The minimum Gasteiger partial charge on any atom is -0.311 e. The van der Waals surface area contributed by atoms with Crippen molar-refractivity contribution in [3.63, 3.8) is 0 Å². The molecule has 5 aliphatic heterocycles. The first-order valence-electron chi connectivity index (χ1n) is 39.9. The highest BCUT2D eigenvalue weighted by Crippen LogP contribution is 2.52. The van der Waals surface area contributed by atoms with E-state index in [0.29, 0.717) is 0 Å². The molecule has 548 valence electrons. The first-order valence-corrected chi connectivity index (χ1v) is 44.0. The Bertz CT molecular complexity index is 6960. The summed E-state index contributed by atoms with van der Waals surface area (Å²) in [6.45, 7) is 18.0. The molecule has 0 radical (unpaired) electrons. The molecule has 0 amide bonds. The van der Waals surface area contributed by atoms with Gasteiger partial charge in [-0.15, -0.1) is 22.7 Å². The third kappa shape index (κ3) is 10.5. The second-order valence-corrected chi connectivity index (χ2v) is 38.4. The molecule has 0 saturated carbocycles. The number of benzene rings is 16. The summed E-state index contributed by atoms with van der Waals surface area (Å²) < 4.78 is 5.26. The Morgan fingerprint density at radius 1 is 0.252 bits per heavy atom. The lowest BCUT2D eigenvalue weighted by Gasteiger charge is -2.46. The van der Waals surface area contributed by atoms with Gasteiger partial charge in [0.1, 0.15) is 0 Å². The number of rotatable bonds is 7. The van der Waals surface area contributed by atoms with E-state index < -0.39 is 8.07 Å². The lowest BCUT2D eigenvalue weighted by Crippen LogP contribution is -2.77. The highest BCUT2D eigenvalue weighted by molar-refractivity contribution is 7.26. The molecule has 0 unspecified atom stereocenters. The molecular formula is C104H78B2ClN5S2Si. The van der Waals surface area contributed by atoms with Crippen LogP contribution in [0.4, 0.5) is 85.3 Å². The van der Waals surface area contributed by atoms with Gasteiger partial charge in [0.15, 0.2) is 8.07 Å². The third-order valence-corrected chi connectivity index (χ3v) is 32.3. The SMILES string of the molecule is Cc1cc(C)c(N2c3cc(Cl)ccc3B3c4cc5c(cc4N(c4ccccc4)c4cccc2c43)sc2ccccc25)c(C)c1.Cc1cc(C)c(N2c3cc(N4c5ccc(C)cc5[Si](c5ccccc5)(c5ccccc5)c5cc(C)ccc54)ccc3B3c4cc5c(cc4N(c4ccccc4)c4cccc2c43)sc2ccccc25)c(C)c1. The van der Waals surface area contributed by atoms with Crippen LogP contribution in [0.5, 0.6) is 0 Å². The Kier molecular flexibility index (Phi) is 16.0. The lowest BCUT2D eigenvalue weighted by atomic mass is 9.33. The summed E-state index contributed by atoms with van der Waals surface area (Å²) in [6, 6.07) is 124. The van der Waals surface area contributed by atoms with E-state index in [1.54, 1.807) is 0 Å². The van der Waals surface area contributed by atoms with Gasteiger partial charge in [0.2, 0.25) is 0 Å². The van der Waals surface area contributed by atoms with Gasteiger partial charge in [-0.3, -0.25) is 0 Å². The van der Waals surface area contributed by atoms with E-state index in [2.05, 4.69) is 407 Å². The van der Waals surface area contributed by atoms with Crippen molar-refractivity contribution < 1.29 is 0 Å². The molecule has 115 heavy (non-hydrogen) atoms. The second kappa shape index (κ2) is 26.6. The van der Waals surface area contributed by atoms with Crippen LogP contribution in [-0.4, -0.2) is 21.5 Å². The van der Waals surface area contributed by atoms with Crippen LogP contribution in [0.1, 0.15) is 44.5 Å². The van der Waals surface area contributed by atoms with Gasteiger partial charge >= 0.3 is 0 Å². The third-order valence-electron chi connectivity index (χ3n) is 24.9. The largest absolute Gasteiger partial charge is 0.311 e. The molecule has 0 spiro atoms. The van der Waals surface area contributed by atoms with E-state index in [1.165, 1.54) is 201 Å². The van der Waals surface area contributed by atoms with Crippen LogP contribution in [0.15, 0.2) is 328 Å². The predicted octanol–water partition coefficient (Wildman–Crippen LogP) is 22.6. The van der Waals surface area contributed by atoms with Gasteiger partial charge in [-0.2, -0.15) is 0 Å². The zero-order chi connectivity index (χ0) is 77.4. The highest BCUT2D eigenvalue weighted by Gasteiger charge is 2.51. The van der Waals surface area contributed by atoms with E-state index in [-0.39, 0.29) is 13.4 Å². The fourth-order valence-electron chi connectivity index (χ4n) is 20.6. The number of fused-ring (bicyclic) bond motifs is 16. The first-order chi connectivity index (χ1) is 56.2. The van der Waals surface area contributed by atoms with E-state index in [1.807, 2.05) is 22.7 Å². The number of aryl methyl sites for hydroxylation is 8.